The lowest BCUT2D eigenvalue weighted by Crippen LogP contribution is -2.39. The van der Waals surface area contributed by atoms with Gasteiger partial charge in [0.15, 0.2) is 0 Å². The van der Waals surface area contributed by atoms with Crippen LogP contribution in [0.15, 0.2) is 17.0 Å². The zero-order valence-electron chi connectivity index (χ0n) is 11.7. The second-order valence-corrected chi connectivity index (χ2v) is 7.55. The molecule has 3 nitrogen and oxygen atoms in total. The second-order valence-electron chi connectivity index (χ2n) is 5.37. The van der Waals surface area contributed by atoms with Gasteiger partial charge in [-0.3, -0.25) is 0 Å². The van der Waals surface area contributed by atoms with Gasteiger partial charge in [-0.2, -0.15) is 4.31 Å². The van der Waals surface area contributed by atoms with Gasteiger partial charge in [-0.1, -0.05) is 0 Å². The first kappa shape index (κ1) is 15.7. The Morgan fingerprint density at radius 3 is 2.20 bits per heavy atom. The standard InChI is InChI=1S/C14H19ClFNO2S/c1-10-7-13(16)8-11(2)14(10)20(18,19)17-5-3-12(9-15)4-6-17/h7-8,12H,3-6,9H2,1-2H3. The molecule has 1 fully saturated rings. The predicted molar refractivity (Wildman–Crippen MR) is 78.1 cm³/mol. The largest absolute Gasteiger partial charge is 0.243 e. The third-order valence-corrected chi connectivity index (χ3v) is 6.46. The summed E-state index contributed by atoms with van der Waals surface area (Å²) in [6.45, 7) is 4.23. The molecule has 0 radical (unpaired) electrons. The molecule has 1 aliphatic heterocycles. The highest BCUT2D eigenvalue weighted by molar-refractivity contribution is 7.89. The van der Waals surface area contributed by atoms with Gasteiger partial charge in [0, 0.05) is 19.0 Å². The van der Waals surface area contributed by atoms with Gasteiger partial charge in [-0.05, 0) is 55.9 Å². The van der Waals surface area contributed by atoms with Gasteiger partial charge in [-0.25, -0.2) is 12.8 Å². The highest BCUT2D eigenvalue weighted by Crippen LogP contribution is 2.28. The van der Waals surface area contributed by atoms with E-state index in [0.717, 1.165) is 12.8 Å². The van der Waals surface area contributed by atoms with E-state index >= 15 is 0 Å². The van der Waals surface area contributed by atoms with E-state index in [1.165, 1.54) is 16.4 Å². The molecule has 0 aliphatic carbocycles. The van der Waals surface area contributed by atoms with Crippen LogP contribution < -0.4 is 0 Å². The van der Waals surface area contributed by atoms with Crippen LogP contribution in [0, 0.1) is 25.6 Å². The van der Waals surface area contributed by atoms with Crippen LogP contribution in [0.2, 0.25) is 0 Å². The fourth-order valence-electron chi connectivity index (χ4n) is 2.74. The highest BCUT2D eigenvalue weighted by Gasteiger charge is 2.31. The summed E-state index contributed by atoms with van der Waals surface area (Å²) in [6, 6.07) is 2.54. The van der Waals surface area contributed by atoms with Crippen LogP contribution in [0.3, 0.4) is 0 Å². The molecule has 1 heterocycles. The summed E-state index contributed by atoms with van der Waals surface area (Å²) >= 11 is 5.82. The number of halogens is 2. The lowest BCUT2D eigenvalue weighted by molar-refractivity contribution is 0.290. The van der Waals surface area contributed by atoms with Crippen molar-refractivity contribution < 1.29 is 12.8 Å². The minimum Gasteiger partial charge on any atom is -0.207 e. The van der Waals surface area contributed by atoms with E-state index in [2.05, 4.69) is 0 Å². The molecule has 0 saturated carbocycles. The van der Waals surface area contributed by atoms with Gasteiger partial charge >= 0.3 is 0 Å². The Labute approximate surface area is 124 Å². The van der Waals surface area contributed by atoms with Crippen molar-refractivity contribution in [3.63, 3.8) is 0 Å². The number of alkyl halides is 1. The molecule has 0 N–H and O–H groups in total. The molecule has 2 rings (SSSR count). The van der Waals surface area contributed by atoms with Crippen LogP contribution in [0.4, 0.5) is 4.39 Å². The van der Waals surface area contributed by atoms with Crippen LogP contribution in [-0.4, -0.2) is 31.7 Å². The maximum absolute atomic E-state index is 13.3. The molecule has 0 unspecified atom stereocenters. The molecule has 0 aromatic heterocycles. The van der Waals surface area contributed by atoms with Gasteiger partial charge in [0.05, 0.1) is 4.90 Å². The van der Waals surface area contributed by atoms with Crippen molar-refractivity contribution in [2.24, 2.45) is 5.92 Å². The van der Waals surface area contributed by atoms with Crippen molar-refractivity contribution in [1.82, 2.24) is 4.31 Å². The van der Waals surface area contributed by atoms with E-state index in [1.54, 1.807) is 13.8 Å². The summed E-state index contributed by atoms with van der Waals surface area (Å²) in [5.41, 5.74) is 0.920. The number of hydrogen-bond donors (Lipinski definition) is 0. The van der Waals surface area contributed by atoms with Gasteiger partial charge in [0.25, 0.3) is 0 Å². The Balaban J connectivity index is 2.32. The Bertz CT molecular complexity index is 572. The van der Waals surface area contributed by atoms with E-state index in [9.17, 15) is 12.8 Å². The monoisotopic (exact) mass is 319 g/mol. The van der Waals surface area contributed by atoms with E-state index in [0.29, 0.717) is 36.0 Å². The lowest BCUT2D eigenvalue weighted by atomic mass is 10.0. The summed E-state index contributed by atoms with van der Waals surface area (Å²) in [7, 11) is -3.55. The van der Waals surface area contributed by atoms with Gasteiger partial charge in [0.2, 0.25) is 10.0 Å². The zero-order chi connectivity index (χ0) is 14.9. The molecule has 1 aliphatic rings. The van der Waals surface area contributed by atoms with Crippen molar-refractivity contribution in [2.75, 3.05) is 19.0 Å². The van der Waals surface area contributed by atoms with E-state index in [4.69, 9.17) is 11.6 Å². The number of aryl methyl sites for hydroxylation is 2. The number of sulfonamides is 1. The predicted octanol–water partition coefficient (Wildman–Crippen LogP) is 3.08. The number of rotatable bonds is 3. The molecular formula is C14H19ClFNO2S. The number of piperidine rings is 1. The topological polar surface area (TPSA) is 37.4 Å². The number of benzene rings is 1. The molecule has 0 atom stereocenters. The Morgan fingerprint density at radius 1 is 1.25 bits per heavy atom. The SMILES string of the molecule is Cc1cc(F)cc(C)c1S(=O)(=O)N1CCC(CCl)CC1. The number of nitrogens with zero attached hydrogens (tertiary/aromatic N) is 1. The van der Waals surface area contributed by atoms with Crippen LogP contribution in [0.5, 0.6) is 0 Å². The number of hydrogen-bond acceptors (Lipinski definition) is 2. The lowest BCUT2D eigenvalue weighted by Gasteiger charge is -2.31. The Morgan fingerprint density at radius 2 is 1.75 bits per heavy atom. The minimum absolute atomic E-state index is 0.239. The quantitative estimate of drug-likeness (QED) is 0.803. The molecule has 1 aromatic rings. The van der Waals surface area contributed by atoms with Crippen LogP contribution in [0.25, 0.3) is 0 Å². The summed E-state index contributed by atoms with van der Waals surface area (Å²) in [5, 5.41) is 0. The molecule has 0 spiro atoms. The van der Waals surface area contributed by atoms with Gasteiger partial charge in [0.1, 0.15) is 5.82 Å². The average Bonchev–Trinajstić information content (AvgIpc) is 2.37. The zero-order valence-corrected chi connectivity index (χ0v) is 13.3. The molecule has 112 valence electrons. The smallest absolute Gasteiger partial charge is 0.207 e. The molecule has 6 heteroatoms. The van der Waals surface area contributed by atoms with Crippen LogP contribution in [-0.2, 0) is 10.0 Å². The third-order valence-electron chi connectivity index (χ3n) is 3.81. The van der Waals surface area contributed by atoms with Crippen molar-refractivity contribution in [2.45, 2.75) is 31.6 Å². The first-order valence-corrected chi connectivity index (χ1v) is 8.66. The molecule has 0 amide bonds. The molecule has 20 heavy (non-hydrogen) atoms. The van der Waals surface area contributed by atoms with Gasteiger partial charge < -0.3 is 0 Å². The molecule has 1 aromatic carbocycles. The second kappa shape index (κ2) is 6.00. The van der Waals surface area contributed by atoms with Crippen LogP contribution >= 0.6 is 11.6 Å². The van der Waals surface area contributed by atoms with Crippen molar-refractivity contribution in [3.05, 3.63) is 29.1 Å². The normalized spacial score (nSPS) is 18.4. The summed E-state index contributed by atoms with van der Waals surface area (Å²) < 4.78 is 40.2. The first-order valence-electron chi connectivity index (χ1n) is 6.69. The van der Waals surface area contributed by atoms with E-state index in [-0.39, 0.29) is 4.90 Å². The van der Waals surface area contributed by atoms with E-state index < -0.39 is 15.8 Å². The Hall–Kier alpha value is -0.650. The summed E-state index contributed by atoms with van der Waals surface area (Å²) in [5.74, 6) is 0.556. The third kappa shape index (κ3) is 3.00. The minimum atomic E-state index is -3.55. The first-order chi connectivity index (χ1) is 9.36. The van der Waals surface area contributed by atoms with Crippen LogP contribution in [0.1, 0.15) is 24.0 Å². The van der Waals surface area contributed by atoms with Crippen molar-refractivity contribution in [3.8, 4) is 0 Å². The van der Waals surface area contributed by atoms with Gasteiger partial charge in [-0.15, -0.1) is 11.6 Å². The van der Waals surface area contributed by atoms with Crippen molar-refractivity contribution >= 4 is 21.6 Å². The maximum atomic E-state index is 13.3. The fourth-order valence-corrected chi connectivity index (χ4v) is 4.93. The fraction of sp³-hybridized carbons (Fsp3) is 0.571. The molecule has 0 bridgehead atoms. The summed E-state index contributed by atoms with van der Waals surface area (Å²) in [6.07, 6.45) is 1.56. The molecular weight excluding hydrogens is 301 g/mol. The maximum Gasteiger partial charge on any atom is 0.243 e. The summed E-state index contributed by atoms with van der Waals surface area (Å²) in [4.78, 5) is 0.239. The average molecular weight is 320 g/mol. The Kier molecular flexibility index (Phi) is 4.72. The highest BCUT2D eigenvalue weighted by atomic mass is 35.5. The van der Waals surface area contributed by atoms with Crippen molar-refractivity contribution in [1.29, 1.82) is 0 Å². The molecule has 1 saturated heterocycles. The van der Waals surface area contributed by atoms with E-state index in [1.807, 2.05) is 0 Å².